The molecule has 0 amide bonds. The normalized spacial score (nSPS) is 30.4. The molecule has 192 valence electrons. The molecule has 1 heterocycles. The number of phosphoric ester groups is 2. The highest BCUT2D eigenvalue weighted by Crippen LogP contribution is 2.40. The van der Waals surface area contributed by atoms with E-state index in [2.05, 4.69) is 13.8 Å². The first-order valence-corrected chi connectivity index (χ1v) is 11.4. The first kappa shape index (κ1) is 31.5. The van der Waals surface area contributed by atoms with Gasteiger partial charge in [-0.15, -0.1) is 0 Å². The molecule has 1 saturated heterocycles. The lowest BCUT2D eigenvalue weighted by Crippen LogP contribution is -2.58. The van der Waals surface area contributed by atoms with Gasteiger partial charge in [0.15, 0.2) is 12.6 Å². The largest absolute Gasteiger partial charge is 0.472 e. The number of aliphatic hydroxyl groups is 8. The zero-order chi connectivity index (χ0) is 25.4. The minimum absolute atomic E-state index is 0.0650. The summed E-state index contributed by atoms with van der Waals surface area (Å²) in [6, 6.07) is 0. The molecular weight excluding hydrogens is 494 g/mol. The molecule has 0 spiro atoms. The second kappa shape index (κ2) is 13.4. The number of aldehydes is 1. The number of carbonyl (C=O) groups excluding carboxylic acids is 1. The van der Waals surface area contributed by atoms with Crippen molar-refractivity contribution in [1.29, 1.82) is 0 Å². The van der Waals surface area contributed by atoms with Gasteiger partial charge in [-0.05, 0) is 0 Å². The lowest BCUT2D eigenvalue weighted by atomic mass is 10.00. The van der Waals surface area contributed by atoms with E-state index in [0.29, 0.717) is 0 Å². The number of hydrogen-bond donors (Lipinski definition) is 12. The van der Waals surface area contributed by atoms with Gasteiger partial charge in [0.05, 0.1) is 13.2 Å². The number of rotatable bonds is 10. The fraction of sp³-hybridized carbons (Fsp3) is 0.917. The van der Waals surface area contributed by atoms with E-state index in [1.807, 2.05) is 0 Å². The molecule has 0 radical (unpaired) electrons. The molecule has 20 heteroatoms. The van der Waals surface area contributed by atoms with Gasteiger partial charge in [0.2, 0.25) is 0 Å². The number of hydrogen-bond acceptors (Lipinski definition) is 14. The van der Waals surface area contributed by atoms with Gasteiger partial charge in [-0.25, -0.2) is 9.13 Å². The molecule has 0 bridgehead atoms. The van der Waals surface area contributed by atoms with Crippen LogP contribution in [0.2, 0.25) is 0 Å². The van der Waals surface area contributed by atoms with Gasteiger partial charge in [0, 0.05) is 0 Å². The standard InChI is InChI=1S/2C6H13O9P/c7-1-2-3(8)4(9)5(10)6(14-2)15-16(11,12)13;7-1-3(8)5(10)6(11)4(9)2-15-16(12,13)14/h2-10H,1H2,(H2,11,12,13);1,3-6,8-11H,2H2,(H2,12,13,14)/t2-,3-,4+,5-,6-;3-,4+,5+,6+/m10/s1. The molecule has 1 rings (SSSR count). The van der Waals surface area contributed by atoms with Crippen molar-refractivity contribution in [3.63, 3.8) is 0 Å². The topological polar surface area (TPSA) is 322 Å². The Morgan fingerprint density at radius 2 is 1.41 bits per heavy atom. The molecule has 0 unspecified atom stereocenters. The molecule has 1 fully saturated rings. The Balaban J connectivity index is 0.000000601. The fourth-order valence-electron chi connectivity index (χ4n) is 2.07. The van der Waals surface area contributed by atoms with Crippen LogP contribution in [-0.2, 0) is 27.7 Å². The smallest absolute Gasteiger partial charge is 0.394 e. The average Bonchev–Trinajstić information content (AvgIpc) is 2.69. The highest BCUT2D eigenvalue weighted by Gasteiger charge is 2.46. The Hall–Kier alpha value is -0.470. The molecule has 1 aliphatic heterocycles. The Morgan fingerprint density at radius 3 is 1.81 bits per heavy atom. The van der Waals surface area contributed by atoms with Gasteiger partial charge in [-0.2, -0.15) is 0 Å². The van der Waals surface area contributed by atoms with Gasteiger partial charge in [-0.1, -0.05) is 0 Å². The van der Waals surface area contributed by atoms with Crippen molar-refractivity contribution in [3.05, 3.63) is 0 Å². The van der Waals surface area contributed by atoms with Crippen molar-refractivity contribution in [2.24, 2.45) is 0 Å². The van der Waals surface area contributed by atoms with Crippen LogP contribution < -0.4 is 0 Å². The van der Waals surface area contributed by atoms with Crippen molar-refractivity contribution in [3.8, 4) is 0 Å². The first-order valence-electron chi connectivity index (χ1n) is 8.37. The van der Waals surface area contributed by atoms with Crippen molar-refractivity contribution in [1.82, 2.24) is 0 Å². The second-order valence-corrected chi connectivity index (χ2v) is 8.69. The van der Waals surface area contributed by atoms with Crippen LogP contribution in [0.15, 0.2) is 0 Å². The lowest BCUT2D eigenvalue weighted by Gasteiger charge is -2.39. The Bertz CT molecular complexity index is 648. The third kappa shape index (κ3) is 11.1. The van der Waals surface area contributed by atoms with Crippen LogP contribution in [0.3, 0.4) is 0 Å². The molecule has 0 aromatic rings. The Morgan fingerprint density at radius 1 is 0.875 bits per heavy atom. The minimum atomic E-state index is -4.91. The summed E-state index contributed by atoms with van der Waals surface area (Å²) in [6.07, 6.45) is -16.1. The zero-order valence-electron chi connectivity index (χ0n) is 15.9. The molecular formula is C12H26O18P2. The molecule has 1 aliphatic rings. The summed E-state index contributed by atoms with van der Waals surface area (Å²) in [7, 11) is -9.72. The van der Waals surface area contributed by atoms with E-state index in [1.165, 1.54) is 0 Å². The zero-order valence-corrected chi connectivity index (χ0v) is 17.7. The fourth-order valence-corrected chi connectivity index (χ4v) is 2.86. The minimum Gasteiger partial charge on any atom is -0.394 e. The second-order valence-electron chi connectivity index (χ2n) is 6.25. The molecule has 0 saturated carbocycles. The van der Waals surface area contributed by atoms with Crippen LogP contribution in [0.1, 0.15) is 0 Å². The average molecular weight is 520 g/mol. The molecule has 0 aromatic carbocycles. The van der Waals surface area contributed by atoms with E-state index < -0.39 is 84.0 Å². The third-order valence-electron chi connectivity index (χ3n) is 3.74. The quantitative estimate of drug-likeness (QED) is 0.0940. The van der Waals surface area contributed by atoms with E-state index >= 15 is 0 Å². The molecule has 32 heavy (non-hydrogen) atoms. The van der Waals surface area contributed by atoms with Gasteiger partial charge in [0.1, 0.15) is 48.8 Å². The van der Waals surface area contributed by atoms with Crippen molar-refractivity contribution < 1.29 is 88.1 Å². The summed E-state index contributed by atoms with van der Waals surface area (Å²) in [5, 5.41) is 72.7. The van der Waals surface area contributed by atoms with Gasteiger partial charge >= 0.3 is 15.6 Å². The summed E-state index contributed by atoms with van der Waals surface area (Å²) < 4.78 is 33.3. The van der Waals surface area contributed by atoms with E-state index in [-0.39, 0.29) is 6.29 Å². The molecule has 12 N–H and O–H groups in total. The summed E-state index contributed by atoms with van der Waals surface area (Å²) in [5.74, 6) is 0. The van der Waals surface area contributed by atoms with Crippen LogP contribution in [0, 0.1) is 0 Å². The maximum absolute atomic E-state index is 10.5. The SMILES string of the molecule is O=C[C@H](O)[C@@H](O)[C@H](O)[C@H](O)COP(=O)(O)O.O=P(O)(O)O[C@H]1O[C@H](CO)[C@@H](O)[C@H](O)[C@H]1O. The van der Waals surface area contributed by atoms with E-state index in [0.717, 1.165) is 0 Å². The molecule has 0 aliphatic carbocycles. The number of ether oxygens (including phenoxy) is 1. The van der Waals surface area contributed by atoms with Crippen molar-refractivity contribution in [2.75, 3.05) is 13.2 Å². The maximum atomic E-state index is 10.5. The number of aliphatic hydroxyl groups excluding tert-OH is 8. The molecule has 9 atom stereocenters. The van der Waals surface area contributed by atoms with Crippen molar-refractivity contribution in [2.45, 2.75) is 55.1 Å². The predicted octanol–water partition coefficient (Wildman–Crippen LogP) is -6.37. The van der Waals surface area contributed by atoms with Crippen LogP contribution in [0.5, 0.6) is 0 Å². The van der Waals surface area contributed by atoms with Gasteiger partial charge < -0.3 is 70.0 Å². The summed E-state index contributed by atoms with van der Waals surface area (Å²) in [6.45, 7) is -1.67. The Kier molecular flexibility index (Phi) is 13.2. The Labute approximate surface area is 179 Å². The van der Waals surface area contributed by atoms with Crippen LogP contribution >= 0.6 is 15.6 Å². The van der Waals surface area contributed by atoms with Crippen LogP contribution in [-0.4, -0.2) is 135 Å². The monoisotopic (exact) mass is 520 g/mol. The number of phosphoric acid groups is 2. The molecule has 0 aromatic heterocycles. The van der Waals surface area contributed by atoms with Crippen LogP contribution in [0.25, 0.3) is 0 Å². The maximum Gasteiger partial charge on any atom is 0.472 e. The summed E-state index contributed by atoms with van der Waals surface area (Å²) in [5.41, 5.74) is 0. The highest BCUT2D eigenvalue weighted by atomic mass is 31.2. The highest BCUT2D eigenvalue weighted by molar-refractivity contribution is 7.46. The van der Waals surface area contributed by atoms with Crippen molar-refractivity contribution >= 4 is 21.9 Å². The third-order valence-corrected chi connectivity index (χ3v) is 4.70. The van der Waals surface area contributed by atoms with E-state index in [4.69, 9.17) is 45.1 Å². The van der Waals surface area contributed by atoms with Crippen LogP contribution in [0.4, 0.5) is 0 Å². The lowest BCUT2D eigenvalue weighted by molar-refractivity contribution is -0.280. The van der Waals surface area contributed by atoms with Gasteiger partial charge in [0.25, 0.3) is 0 Å². The van der Waals surface area contributed by atoms with Gasteiger partial charge in [-0.3, -0.25) is 9.05 Å². The summed E-state index contributed by atoms with van der Waals surface area (Å²) in [4.78, 5) is 43.6. The first-order chi connectivity index (χ1) is 14.4. The van der Waals surface area contributed by atoms with E-state index in [9.17, 15) is 29.2 Å². The number of carbonyl (C=O) groups is 1. The van der Waals surface area contributed by atoms with E-state index in [1.54, 1.807) is 0 Å². The molecule has 18 nitrogen and oxygen atoms in total. The summed E-state index contributed by atoms with van der Waals surface area (Å²) >= 11 is 0. The predicted molar refractivity (Wildman–Crippen MR) is 95.0 cm³/mol.